The Bertz CT molecular complexity index is 1230. The maximum Gasteiger partial charge on any atom is 0.251 e. The molecule has 176 valence electrons. The third-order valence-corrected chi connectivity index (χ3v) is 6.20. The number of H-pyrrole nitrogens is 1. The number of aromatic amines is 1. The molecule has 0 saturated carbocycles. The number of unbranched alkanes of at least 4 members (excludes halogenated alkanes) is 1. The van der Waals surface area contributed by atoms with Gasteiger partial charge in [0.15, 0.2) is 0 Å². The molecule has 5 heteroatoms. The van der Waals surface area contributed by atoms with Crippen LogP contribution in [0.15, 0.2) is 72.9 Å². The van der Waals surface area contributed by atoms with Crippen LogP contribution in [0.3, 0.4) is 0 Å². The summed E-state index contributed by atoms with van der Waals surface area (Å²) in [6.45, 7) is 4.22. The Hall–Kier alpha value is -3.57. The molecule has 4 aromatic rings. The van der Waals surface area contributed by atoms with Crippen LogP contribution in [0.5, 0.6) is 5.75 Å². The summed E-state index contributed by atoms with van der Waals surface area (Å²) >= 11 is 0. The molecule has 0 aliphatic heterocycles. The van der Waals surface area contributed by atoms with Crippen molar-refractivity contribution in [3.63, 3.8) is 0 Å². The van der Waals surface area contributed by atoms with Crippen LogP contribution in [0, 0.1) is 6.92 Å². The van der Waals surface area contributed by atoms with Crippen molar-refractivity contribution in [3.05, 3.63) is 101 Å². The Balaban J connectivity index is 1.21. The molecule has 0 bridgehead atoms. The molecule has 0 unspecified atom stereocenters. The molecule has 1 amide bonds. The van der Waals surface area contributed by atoms with Crippen LogP contribution >= 0.6 is 0 Å². The second-order valence-corrected chi connectivity index (χ2v) is 8.83. The lowest BCUT2D eigenvalue weighted by molar-refractivity contribution is 0.0952. The number of carbonyl (C=O) groups is 1. The first-order valence-corrected chi connectivity index (χ1v) is 12.0. The first-order chi connectivity index (χ1) is 16.6. The van der Waals surface area contributed by atoms with Crippen LogP contribution in [-0.2, 0) is 19.4 Å². The number of amides is 1. The fourth-order valence-electron chi connectivity index (χ4n) is 4.23. The first-order valence-electron chi connectivity index (χ1n) is 12.0. The molecule has 4 rings (SSSR count). The first kappa shape index (κ1) is 23.6. The van der Waals surface area contributed by atoms with E-state index in [2.05, 4.69) is 46.8 Å². The molecule has 0 saturated heterocycles. The van der Waals surface area contributed by atoms with Crippen LogP contribution in [-0.4, -0.2) is 29.1 Å². The summed E-state index contributed by atoms with van der Waals surface area (Å²) in [5.74, 6) is 0.254. The van der Waals surface area contributed by atoms with Gasteiger partial charge in [-0.25, -0.2) is 0 Å². The Kier molecular flexibility index (Phi) is 7.99. The minimum absolute atomic E-state index is 0.0100. The van der Waals surface area contributed by atoms with Crippen molar-refractivity contribution in [2.24, 2.45) is 0 Å². The Morgan fingerprint density at radius 1 is 0.912 bits per heavy atom. The van der Waals surface area contributed by atoms with Gasteiger partial charge in [0.05, 0.1) is 0 Å². The highest BCUT2D eigenvalue weighted by atomic mass is 16.3. The molecule has 0 aliphatic carbocycles. The zero-order chi connectivity index (χ0) is 23.8. The SMILES string of the molecule is Cc1ccc(CCCCNC(=O)c2ccccc2CNCCc2c[nH]c3cc(O)ccc23)cc1. The topological polar surface area (TPSA) is 77.2 Å². The van der Waals surface area contributed by atoms with Crippen molar-refractivity contribution >= 4 is 16.8 Å². The molecule has 34 heavy (non-hydrogen) atoms. The predicted octanol–water partition coefficient (Wildman–Crippen LogP) is 5.27. The molecule has 0 fully saturated rings. The number of aromatic nitrogens is 1. The van der Waals surface area contributed by atoms with Crippen molar-refractivity contribution in [3.8, 4) is 5.75 Å². The van der Waals surface area contributed by atoms with Gasteiger partial charge in [0, 0.05) is 41.8 Å². The number of hydrogen-bond donors (Lipinski definition) is 4. The third kappa shape index (κ3) is 6.27. The summed E-state index contributed by atoms with van der Waals surface area (Å²) < 4.78 is 0. The molecule has 0 atom stereocenters. The van der Waals surface area contributed by atoms with Gasteiger partial charge in [0.25, 0.3) is 5.91 Å². The van der Waals surface area contributed by atoms with Crippen molar-refractivity contribution in [1.29, 1.82) is 0 Å². The molecule has 0 spiro atoms. The van der Waals surface area contributed by atoms with Gasteiger partial charge >= 0.3 is 0 Å². The number of nitrogens with one attached hydrogen (secondary N) is 3. The fourth-order valence-corrected chi connectivity index (χ4v) is 4.23. The Morgan fingerprint density at radius 2 is 1.74 bits per heavy atom. The van der Waals surface area contributed by atoms with E-state index in [0.29, 0.717) is 13.1 Å². The lowest BCUT2D eigenvalue weighted by atomic mass is 10.1. The van der Waals surface area contributed by atoms with Gasteiger partial charge in [0.2, 0.25) is 0 Å². The molecule has 1 aromatic heterocycles. The minimum Gasteiger partial charge on any atom is -0.508 e. The minimum atomic E-state index is -0.0100. The summed E-state index contributed by atoms with van der Waals surface area (Å²) in [6, 6.07) is 21.8. The van der Waals surface area contributed by atoms with E-state index in [9.17, 15) is 9.90 Å². The van der Waals surface area contributed by atoms with Crippen molar-refractivity contribution in [2.45, 2.75) is 39.2 Å². The van der Waals surface area contributed by atoms with Crippen molar-refractivity contribution in [2.75, 3.05) is 13.1 Å². The van der Waals surface area contributed by atoms with E-state index in [1.54, 1.807) is 12.1 Å². The largest absolute Gasteiger partial charge is 0.508 e. The smallest absolute Gasteiger partial charge is 0.251 e. The van der Waals surface area contributed by atoms with Crippen molar-refractivity contribution in [1.82, 2.24) is 15.6 Å². The predicted molar refractivity (Wildman–Crippen MR) is 138 cm³/mol. The highest BCUT2D eigenvalue weighted by Crippen LogP contribution is 2.22. The number of rotatable bonds is 11. The Labute approximate surface area is 201 Å². The fraction of sp³-hybridized carbons (Fsp3) is 0.276. The summed E-state index contributed by atoms with van der Waals surface area (Å²) in [5, 5.41) is 17.3. The van der Waals surface area contributed by atoms with Gasteiger partial charge < -0.3 is 20.7 Å². The van der Waals surface area contributed by atoms with Crippen LogP contribution in [0.25, 0.3) is 10.9 Å². The number of phenolic OH excluding ortho intramolecular Hbond substituents is 1. The molecule has 4 N–H and O–H groups in total. The normalized spacial score (nSPS) is 11.1. The van der Waals surface area contributed by atoms with Gasteiger partial charge in [-0.1, -0.05) is 48.0 Å². The summed E-state index contributed by atoms with van der Waals surface area (Å²) in [7, 11) is 0. The number of carbonyl (C=O) groups excluding carboxylic acids is 1. The third-order valence-electron chi connectivity index (χ3n) is 6.20. The summed E-state index contributed by atoms with van der Waals surface area (Å²) in [6.07, 6.45) is 5.91. The van der Waals surface area contributed by atoms with Gasteiger partial charge in [-0.15, -0.1) is 0 Å². The zero-order valence-electron chi connectivity index (χ0n) is 19.7. The number of aromatic hydroxyl groups is 1. The average Bonchev–Trinajstić information content (AvgIpc) is 3.24. The van der Waals surface area contributed by atoms with Crippen LogP contribution in [0.2, 0.25) is 0 Å². The number of benzene rings is 3. The summed E-state index contributed by atoms with van der Waals surface area (Å²) in [5.41, 5.74) is 6.51. The molecular weight excluding hydrogens is 422 g/mol. The van der Waals surface area contributed by atoms with Gasteiger partial charge in [-0.2, -0.15) is 0 Å². The lowest BCUT2D eigenvalue weighted by Crippen LogP contribution is -2.27. The van der Waals surface area contributed by atoms with Crippen molar-refractivity contribution < 1.29 is 9.90 Å². The lowest BCUT2D eigenvalue weighted by Gasteiger charge is -2.11. The van der Waals surface area contributed by atoms with E-state index in [1.165, 1.54) is 16.7 Å². The maximum atomic E-state index is 12.8. The molecule has 1 heterocycles. The van der Waals surface area contributed by atoms with Crippen LogP contribution in [0.1, 0.15) is 45.5 Å². The quantitative estimate of drug-likeness (QED) is 0.233. The van der Waals surface area contributed by atoms with E-state index >= 15 is 0 Å². The van der Waals surface area contributed by atoms with Gasteiger partial charge in [0.1, 0.15) is 5.75 Å². The van der Waals surface area contributed by atoms with Gasteiger partial charge in [-0.05, 0) is 74.0 Å². The molecule has 0 aliphatic rings. The molecule has 0 radical (unpaired) electrons. The van der Waals surface area contributed by atoms with Crippen LogP contribution < -0.4 is 10.6 Å². The monoisotopic (exact) mass is 455 g/mol. The second kappa shape index (κ2) is 11.5. The number of hydrogen-bond acceptors (Lipinski definition) is 3. The van der Waals surface area contributed by atoms with E-state index in [1.807, 2.05) is 36.5 Å². The number of aryl methyl sites for hydroxylation is 2. The second-order valence-electron chi connectivity index (χ2n) is 8.83. The number of phenols is 1. The highest BCUT2D eigenvalue weighted by molar-refractivity contribution is 5.95. The molecule has 5 nitrogen and oxygen atoms in total. The van der Waals surface area contributed by atoms with E-state index in [4.69, 9.17) is 0 Å². The van der Waals surface area contributed by atoms with E-state index < -0.39 is 0 Å². The number of fused-ring (bicyclic) bond motifs is 1. The van der Waals surface area contributed by atoms with Crippen LogP contribution in [0.4, 0.5) is 0 Å². The average molecular weight is 456 g/mol. The Morgan fingerprint density at radius 3 is 2.59 bits per heavy atom. The molecular formula is C29H33N3O2. The van der Waals surface area contributed by atoms with E-state index in [-0.39, 0.29) is 11.7 Å². The standard InChI is InChI=1S/C29H33N3O2/c1-21-9-11-22(12-10-21)6-4-5-16-31-29(34)27-8-3-2-7-23(27)19-30-17-15-24-20-32-28-18-25(33)13-14-26(24)28/h2-3,7-14,18,20,30,32-33H,4-6,15-17,19H2,1H3,(H,31,34). The maximum absolute atomic E-state index is 12.8. The molecule has 3 aromatic carbocycles. The summed E-state index contributed by atoms with van der Waals surface area (Å²) in [4.78, 5) is 16.0. The zero-order valence-corrected chi connectivity index (χ0v) is 19.7. The van der Waals surface area contributed by atoms with E-state index in [0.717, 1.165) is 54.3 Å². The van der Waals surface area contributed by atoms with Gasteiger partial charge in [-0.3, -0.25) is 4.79 Å². The highest BCUT2D eigenvalue weighted by Gasteiger charge is 2.10.